The fourth-order valence-corrected chi connectivity index (χ4v) is 0.996. The summed E-state index contributed by atoms with van der Waals surface area (Å²) in [6.45, 7) is 0.809. The van der Waals surface area contributed by atoms with Crippen molar-refractivity contribution in [2.45, 2.75) is 6.42 Å². The molecule has 0 aliphatic carbocycles. The Kier molecular flexibility index (Phi) is 4.39. The van der Waals surface area contributed by atoms with Gasteiger partial charge in [0.25, 0.3) is 6.47 Å². The van der Waals surface area contributed by atoms with Crippen molar-refractivity contribution in [3.05, 3.63) is 48.0 Å². The predicted octanol–water partition coefficient (Wildman–Crippen LogP) is 1.96. The average molecular weight is 176 g/mol. The molecule has 0 heterocycles. The zero-order valence-electron chi connectivity index (χ0n) is 7.35. The van der Waals surface area contributed by atoms with Crippen molar-refractivity contribution in [1.29, 1.82) is 0 Å². The normalized spacial score (nSPS) is 10.2. The number of allylic oxidation sites excluding steroid dienone is 1. The van der Waals surface area contributed by atoms with E-state index in [0.29, 0.717) is 13.1 Å². The van der Waals surface area contributed by atoms with Crippen LogP contribution in [-0.4, -0.2) is 13.1 Å². The monoisotopic (exact) mass is 176 g/mol. The molecule has 1 rings (SSSR count). The van der Waals surface area contributed by atoms with Crippen LogP contribution in [0.3, 0.4) is 0 Å². The second-order valence-electron chi connectivity index (χ2n) is 2.59. The van der Waals surface area contributed by atoms with Gasteiger partial charge >= 0.3 is 0 Å². The van der Waals surface area contributed by atoms with Gasteiger partial charge in [0.15, 0.2) is 0 Å². The summed E-state index contributed by atoms with van der Waals surface area (Å²) < 4.78 is 4.50. The summed E-state index contributed by atoms with van der Waals surface area (Å²) in [6, 6.07) is 10.1. The largest absolute Gasteiger partial charge is 0.464 e. The van der Waals surface area contributed by atoms with Crippen LogP contribution in [0.1, 0.15) is 5.56 Å². The highest BCUT2D eigenvalue weighted by molar-refractivity contribution is 5.37. The molecular formula is C11H12O2. The molecule has 0 saturated carbocycles. The minimum absolute atomic E-state index is 0.357. The summed E-state index contributed by atoms with van der Waals surface area (Å²) >= 11 is 0. The highest BCUT2D eigenvalue weighted by Crippen LogP contribution is 1.99. The van der Waals surface area contributed by atoms with E-state index in [1.165, 1.54) is 5.56 Å². The van der Waals surface area contributed by atoms with Crippen LogP contribution in [0.2, 0.25) is 0 Å². The van der Waals surface area contributed by atoms with Gasteiger partial charge in [-0.3, -0.25) is 4.79 Å². The summed E-state index contributed by atoms with van der Waals surface area (Å²) in [5, 5.41) is 0. The molecule has 0 N–H and O–H groups in total. The first-order chi connectivity index (χ1) is 6.43. The molecule has 2 nitrogen and oxygen atoms in total. The van der Waals surface area contributed by atoms with Crippen LogP contribution >= 0.6 is 0 Å². The second kappa shape index (κ2) is 6.00. The van der Waals surface area contributed by atoms with Gasteiger partial charge in [0.2, 0.25) is 0 Å². The molecule has 0 fully saturated rings. The molecule has 0 radical (unpaired) electrons. The first-order valence-corrected chi connectivity index (χ1v) is 4.17. The van der Waals surface area contributed by atoms with Crippen LogP contribution in [0.4, 0.5) is 0 Å². The first-order valence-electron chi connectivity index (χ1n) is 4.17. The number of ether oxygens (including phenoxy) is 1. The highest BCUT2D eigenvalue weighted by atomic mass is 16.5. The Labute approximate surface area is 77.8 Å². The van der Waals surface area contributed by atoms with E-state index in [2.05, 4.69) is 16.9 Å². The number of carbonyl (C=O) groups is 1. The van der Waals surface area contributed by atoms with Gasteiger partial charge < -0.3 is 4.74 Å². The zero-order valence-corrected chi connectivity index (χ0v) is 7.35. The Morgan fingerprint density at radius 3 is 2.62 bits per heavy atom. The Morgan fingerprint density at radius 1 is 1.15 bits per heavy atom. The summed E-state index contributed by atoms with van der Waals surface area (Å²) in [7, 11) is 0. The first kappa shape index (κ1) is 9.52. The van der Waals surface area contributed by atoms with Gasteiger partial charge in [0.1, 0.15) is 6.61 Å². The molecule has 68 valence electrons. The lowest BCUT2D eigenvalue weighted by molar-refractivity contribution is -0.127. The Morgan fingerprint density at radius 2 is 1.92 bits per heavy atom. The molecule has 0 bridgehead atoms. The fourth-order valence-electron chi connectivity index (χ4n) is 0.996. The quantitative estimate of drug-likeness (QED) is 0.389. The predicted molar refractivity (Wildman–Crippen MR) is 51.3 cm³/mol. The summed E-state index contributed by atoms with van der Waals surface area (Å²) in [6.07, 6.45) is 4.70. The lowest BCUT2D eigenvalue weighted by atomic mass is 10.1. The van der Waals surface area contributed by atoms with Crippen LogP contribution < -0.4 is 0 Å². The van der Waals surface area contributed by atoms with Crippen LogP contribution in [0.25, 0.3) is 0 Å². The smallest absolute Gasteiger partial charge is 0.293 e. The maximum atomic E-state index is 9.78. The molecule has 0 amide bonds. The third kappa shape index (κ3) is 4.11. The SMILES string of the molecule is O=COCC=CCc1ccccc1. The molecule has 13 heavy (non-hydrogen) atoms. The second-order valence-corrected chi connectivity index (χ2v) is 2.59. The van der Waals surface area contributed by atoms with Crippen molar-refractivity contribution in [2.24, 2.45) is 0 Å². The van der Waals surface area contributed by atoms with Gasteiger partial charge in [-0.1, -0.05) is 42.5 Å². The summed E-state index contributed by atoms with van der Waals surface area (Å²) in [5.41, 5.74) is 1.25. The minimum Gasteiger partial charge on any atom is -0.464 e. The zero-order chi connectivity index (χ0) is 9.36. The standard InChI is InChI=1S/C11H12O2/c12-10-13-9-5-4-8-11-6-2-1-3-7-11/h1-7,10H,8-9H2. The maximum absolute atomic E-state index is 9.78. The van der Waals surface area contributed by atoms with Crippen LogP contribution in [0, 0.1) is 0 Å². The third-order valence-corrected chi connectivity index (χ3v) is 1.62. The number of hydrogen-bond acceptors (Lipinski definition) is 2. The minimum atomic E-state index is 0.357. The van der Waals surface area contributed by atoms with E-state index >= 15 is 0 Å². The van der Waals surface area contributed by atoms with E-state index < -0.39 is 0 Å². The van der Waals surface area contributed by atoms with Crippen molar-refractivity contribution in [3.63, 3.8) is 0 Å². The van der Waals surface area contributed by atoms with Crippen LogP contribution in [0.5, 0.6) is 0 Å². The maximum Gasteiger partial charge on any atom is 0.293 e. The fraction of sp³-hybridized carbons (Fsp3) is 0.182. The number of hydrogen-bond donors (Lipinski definition) is 0. The van der Waals surface area contributed by atoms with E-state index in [4.69, 9.17) is 0 Å². The molecule has 0 atom stereocenters. The van der Waals surface area contributed by atoms with Gasteiger partial charge in [-0.15, -0.1) is 0 Å². The molecule has 0 spiro atoms. The van der Waals surface area contributed by atoms with E-state index in [0.717, 1.165) is 6.42 Å². The molecule has 1 aromatic carbocycles. The van der Waals surface area contributed by atoms with Gasteiger partial charge in [-0.25, -0.2) is 0 Å². The number of benzene rings is 1. The topological polar surface area (TPSA) is 26.3 Å². The number of carbonyl (C=O) groups excluding carboxylic acids is 1. The molecule has 0 aliphatic rings. The highest BCUT2D eigenvalue weighted by Gasteiger charge is 1.84. The number of rotatable bonds is 5. The third-order valence-electron chi connectivity index (χ3n) is 1.62. The van der Waals surface area contributed by atoms with Crippen LogP contribution in [0.15, 0.2) is 42.5 Å². The van der Waals surface area contributed by atoms with Gasteiger partial charge in [0, 0.05) is 0 Å². The molecule has 0 aromatic heterocycles. The Balaban J connectivity index is 2.26. The molecule has 0 aliphatic heterocycles. The van der Waals surface area contributed by atoms with Crippen molar-refractivity contribution in [2.75, 3.05) is 6.61 Å². The molecule has 0 unspecified atom stereocenters. The molecule has 0 saturated heterocycles. The summed E-state index contributed by atoms with van der Waals surface area (Å²) in [5.74, 6) is 0. The Bertz CT molecular complexity index is 265. The van der Waals surface area contributed by atoms with E-state index in [1.54, 1.807) is 0 Å². The van der Waals surface area contributed by atoms with E-state index in [9.17, 15) is 4.79 Å². The van der Waals surface area contributed by atoms with Gasteiger partial charge in [0.05, 0.1) is 0 Å². The molecule has 2 heteroatoms. The van der Waals surface area contributed by atoms with E-state index in [-0.39, 0.29) is 0 Å². The van der Waals surface area contributed by atoms with Gasteiger partial charge in [-0.2, -0.15) is 0 Å². The van der Waals surface area contributed by atoms with Crippen molar-refractivity contribution in [3.8, 4) is 0 Å². The molecule has 1 aromatic rings. The molecular weight excluding hydrogens is 164 g/mol. The lowest BCUT2D eigenvalue weighted by Gasteiger charge is -1.93. The lowest BCUT2D eigenvalue weighted by Crippen LogP contribution is -1.86. The Hall–Kier alpha value is -1.57. The van der Waals surface area contributed by atoms with E-state index in [1.807, 2.05) is 30.4 Å². The van der Waals surface area contributed by atoms with Crippen molar-refractivity contribution >= 4 is 6.47 Å². The van der Waals surface area contributed by atoms with Crippen molar-refractivity contribution in [1.82, 2.24) is 0 Å². The van der Waals surface area contributed by atoms with Crippen molar-refractivity contribution < 1.29 is 9.53 Å². The summed E-state index contributed by atoms with van der Waals surface area (Å²) in [4.78, 5) is 9.78. The van der Waals surface area contributed by atoms with Gasteiger partial charge in [-0.05, 0) is 12.0 Å². The van der Waals surface area contributed by atoms with Crippen LogP contribution in [-0.2, 0) is 16.0 Å². The average Bonchev–Trinajstić information content (AvgIpc) is 2.19.